The molecule has 0 amide bonds. The lowest BCUT2D eigenvalue weighted by molar-refractivity contribution is 0.619. The first-order chi connectivity index (χ1) is 11.2. The molecule has 2 aromatic carbocycles. The van der Waals surface area contributed by atoms with Gasteiger partial charge in [-0.2, -0.15) is 0 Å². The summed E-state index contributed by atoms with van der Waals surface area (Å²) in [6.07, 6.45) is 1.86. The Bertz CT molecular complexity index is 693. The number of aryl methyl sites for hydroxylation is 2. The molecule has 0 bridgehead atoms. The van der Waals surface area contributed by atoms with Crippen LogP contribution in [0.2, 0.25) is 0 Å². The van der Waals surface area contributed by atoms with Gasteiger partial charge in [0.15, 0.2) is 0 Å². The molecular formula is C20H21N3. The van der Waals surface area contributed by atoms with Gasteiger partial charge in [0, 0.05) is 5.92 Å². The zero-order valence-electron chi connectivity index (χ0n) is 13.6. The van der Waals surface area contributed by atoms with Crippen molar-refractivity contribution in [1.82, 2.24) is 15.0 Å². The van der Waals surface area contributed by atoms with Crippen molar-refractivity contribution in [1.29, 1.82) is 0 Å². The van der Waals surface area contributed by atoms with Crippen LogP contribution in [-0.4, -0.2) is 15.0 Å². The molecule has 0 saturated heterocycles. The van der Waals surface area contributed by atoms with Gasteiger partial charge in [0.1, 0.15) is 17.5 Å². The molecule has 3 rings (SSSR count). The first-order valence-corrected chi connectivity index (χ1v) is 7.98. The number of hydrogen-bond acceptors (Lipinski definition) is 3. The fourth-order valence-electron chi connectivity index (χ4n) is 2.88. The lowest BCUT2D eigenvalue weighted by Gasteiger charge is -2.17. The second kappa shape index (κ2) is 7.14. The van der Waals surface area contributed by atoms with Crippen LogP contribution in [0, 0.1) is 13.8 Å². The van der Waals surface area contributed by atoms with Crippen LogP contribution in [-0.2, 0) is 12.8 Å². The lowest BCUT2D eigenvalue weighted by Crippen LogP contribution is -2.13. The fraction of sp³-hybridized carbons (Fsp3) is 0.250. The average Bonchev–Trinajstić information content (AvgIpc) is 2.55. The molecule has 0 spiro atoms. The van der Waals surface area contributed by atoms with Gasteiger partial charge in [0.2, 0.25) is 0 Å². The number of rotatable bonds is 5. The van der Waals surface area contributed by atoms with Gasteiger partial charge in [0.25, 0.3) is 0 Å². The first-order valence-electron chi connectivity index (χ1n) is 7.98. The van der Waals surface area contributed by atoms with Crippen LogP contribution in [0.1, 0.15) is 34.5 Å². The molecule has 0 radical (unpaired) electrons. The molecule has 3 heteroatoms. The van der Waals surface area contributed by atoms with E-state index >= 15 is 0 Å². The summed E-state index contributed by atoms with van der Waals surface area (Å²) >= 11 is 0. The number of hydrogen-bond donors (Lipinski definition) is 0. The zero-order valence-corrected chi connectivity index (χ0v) is 13.6. The van der Waals surface area contributed by atoms with E-state index in [1.165, 1.54) is 11.1 Å². The summed E-state index contributed by atoms with van der Waals surface area (Å²) in [5.41, 5.74) is 2.62. The monoisotopic (exact) mass is 303 g/mol. The van der Waals surface area contributed by atoms with Crippen molar-refractivity contribution in [2.75, 3.05) is 0 Å². The van der Waals surface area contributed by atoms with Crippen LogP contribution in [0.4, 0.5) is 0 Å². The van der Waals surface area contributed by atoms with Crippen molar-refractivity contribution < 1.29 is 0 Å². The van der Waals surface area contributed by atoms with Crippen molar-refractivity contribution in [2.24, 2.45) is 0 Å². The maximum absolute atomic E-state index is 4.60. The van der Waals surface area contributed by atoms with Crippen LogP contribution in [0.5, 0.6) is 0 Å². The molecule has 3 aromatic rings. The smallest absolute Gasteiger partial charge is 0.136 e. The second-order valence-electron chi connectivity index (χ2n) is 5.86. The minimum atomic E-state index is 0.250. The van der Waals surface area contributed by atoms with Gasteiger partial charge < -0.3 is 0 Å². The van der Waals surface area contributed by atoms with Gasteiger partial charge in [-0.3, -0.25) is 0 Å². The van der Waals surface area contributed by atoms with Crippen LogP contribution >= 0.6 is 0 Å². The Hall–Kier alpha value is -2.55. The Kier molecular flexibility index (Phi) is 4.77. The number of benzene rings is 2. The van der Waals surface area contributed by atoms with Gasteiger partial charge in [0.05, 0.1) is 0 Å². The summed E-state index contributed by atoms with van der Waals surface area (Å²) in [7, 11) is 0. The topological polar surface area (TPSA) is 38.7 Å². The van der Waals surface area contributed by atoms with Gasteiger partial charge in [-0.25, -0.2) is 15.0 Å². The minimum Gasteiger partial charge on any atom is -0.219 e. The fourth-order valence-corrected chi connectivity index (χ4v) is 2.88. The quantitative estimate of drug-likeness (QED) is 0.713. The summed E-state index contributed by atoms with van der Waals surface area (Å²) in [6.45, 7) is 3.86. The molecule has 3 nitrogen and oxygen atoms in total. The van der Waals surface area contributed by atoms with E-state index in [0.717, 1.165) is 30.3 Å². The molecule has 0 N–H and O–H groups in total. The second-order valence-corrected chi connectivity index (χ2v) is 5.86. The Morgan fingerprint density at radius 1 is 0.652 bits per heavy atom. The highest BCUT2D eigenvalue weighted by Crippen LogP contribution is 2.23. The van der Waals surface area contributed by atoms with E-state index in [-0.39, 0.29) is 5.92 Å². The van der Waals surface area contributed by atoms with Crippen LogP contribution < -0.4 is 0 Å². The molecule has 116 valence electrons. The third-order valence-corrected chi connectivity index (χ3v) is 3.89. The van der Waals surface area contributed by atoms with Crippen molar-refractivity contribution in [3.63, 3.8) is 0 Å². The van der Waals surface area contributed by atoms with E-state index in [1.807, 2.05) is 26.0 Å². The largest absolute Gasteiger partial charge is 0.219 e. The molecule has 0 atom stereocenters. The van der Waals surface area contributed by atoms with Crippen molar-refractivity contribution in [2.45, 2.75) is 32.6 Å². The summed E-state index contributed by atoms with van der Waals surface area (Å²) < 4.78 is 0. The van der Waals surface area contributed by atoms with E-state index < -0.39 is 0 Å². The highest BCUT2D eigenvalue weighted by molar-refractivity contribution is 5.22. The maximum atomic E-state index is 4.60. The van der Waals surface area contributed by atoms with E-state index in [0.29, 0.717) is 0 Å². The van der Waals surface area contributed by atoms with E-state index in [9.17, 15) is 0 Å². The van der Waals surface area contributed by atoms with E-state index in [2.05, 4.69) is 63.5 Å². The Labute approximate surface area is 137 Å². The Morgan fingerprint density at radius 2 is 1.09 bits per heavy atom. The normalized spacial score (nSPS) is 10.9. The summed E-state index contributed by atoms with van der Waals surface area (Å²) in [5.74, 6) is 2.72. The van der Waals surface area contributed by atoms with Crippen molar-refractivity contribution in [3.8, 4) is 0 Å². The highest BCUT2D eigenvalue weighted by Gasteiger charge is 2.17. The number of nitrogens with zero attached hydrogens (tertiary/aromatic N) is 3. The molecule has 0 aliphatic heterocycles. The summed E-state index contributed by atoms with van der Waals surface area (Å²) in [4.78, 5) is 13.5. The minimum absolute atomic E-state index is 0.250. The Balaban J connectivity index is 1.92. The molecule has 1 heterocycles. The van der Waals surface area contributed by atoms with Crippen LogP contribution in [0.3, 0.4) is 0 Å². The van der Waals surface area contributed by atoms with Gasteiger partial charge >= 0.3 is 0 Å². The van der Waals surface area contributed by atoms with Crippen LogP contribution in [0.15, 0.2) is 60.7 Å². The van der Waals surface area contributed by atoms with Crippen molar-refractivity contribution >= 4 is 0 Å². The average molecular weight is 303 g/mol. The third kappa shape index (κ3) is 4.22. The maximum Gasteiger partial charge on any atom is 0.136 e. The van der Waals surface area contributed by atoms with Gasteiger partial charge in [-0.05, 0) is 37.8 Å². The lowest BCUT2D eigenvalue weighted by atomic mass is 9.92. The first kappa shape index (κ1) is 15.3. The molecule has 0 unspecified atom stereocenters. The molecule has 0 aliphatic carbocycles. The van der Waals surface area contributed by atoms with Crippen LogP contribution in [0.25, 0.3) is 0 Å². The molecule has 23 heavy (non-hydrogen) atoms. The summed E-state index contributed by atoms with van der Waals surface area (Å²) in [5, 5.41) is 0. The predicted molar refractivity (Wildman–Crippen MR) is 92.3 cm³/mol. The molecule has 0 fully saturated rings. The standard InChI is InChI=1S/C20H21N3/c1-15-21-16(2)23-20(22-15)19(13-17-9-5-3-6-10-17)14-18-11-7-4-8-12-18/h3-12,19H,13-14H2,1-2H3. The molecule has 0 aliphatic rings. The molecule has 0 saturated carbocycles. The third-order valence-electron chi connectivity index (χ3n) is 3.89. The number of aromatic nitrogens is 3. The van der Waals surface area contributed by atoms with Gasteiger partial charge in [-0.15, -0.1) is 0 Å². The van der Waals surface area contributed by atoms with Crippen molar-refractivity contribution in [3.05, 3.63) is 89.3 Å². The predicted octanol–water partition coefficient (Wildman–Crippen LogP) is 4.06. The highest BCUT2D eigenvalue weighted by atomic mass is 15.0. The van der Waals surface area contributed by atoms with Gasteiger partial charge in [-0.1, -0.05) is 60.7 Å². The Morgan fingerprint density at radius 3 is 1.52 bits per heavy atom. The zero-order chi connectivity index (χ0) is 16.1. The van der Waals surface area contributed by atoms with E-state index in [4.69, 9.17) is 0 Å². The molecule has 1 aromatic heterocycles. The summed E-state index contributed by atoms with van der Waals surface area (Å²) in [6, 6.07) is 21.1. The molecular weight excluding hydrogens is 282 g/mol. The SMILES string of the molecule is Cc1nc(C)nc(C(Cc2ccccc2)Cc2ccccc2)n1. The van der Waals surface area contributed by atoms with E-state index in [1.54, 1.807) is 0 Å².